The summed E-state index contributed by atoms with van der Waals surface area (Å²) in [5.41, 5.74) is 2.05. The molecule has 1 unspecified atom stereocenters. The molecule has 0 aliphatic heterocycles. The second-order valence-electron chi connectivity index (χ2n) is 4.32. The first-order valence-electron chi connectivity index (χ1n) is 5.96. The molecule has 1 atom stereocenters. The zero-order valence-corrected chi connectivity index (χ0v) is 10.2. The Bertz CT molecular complexity index is 335. The summed E-state index contributed by atoms with van der Waals surface area (Å²) in [5, 5.41) is 12.1. The van der Waals surface area contributed by atoms with Crippen LogP contribution in [0.1, 0.15) is 31.4 Å². The molecule has 0 spiro atoms. The fourth-order valence-electron chi connectivity index (χ4n) is 1.72. The molecule has 0 heterocycles. The van der Waals surface area contributed by atoms with Gasteiger partial charge in [0.05, 0.1) is 11.6 Å². The number of nitrogens with one attached hydrogen (secondary N) is 1. The van der Waals surface area contributed by atoms with Gasteiger partial charge in [0.1, 0.15) is 0 Å². The van der Waals surface area contributed by atoms with E-state index in [1.165, 1.54) is 12.0 Å². The zero-order valence-electron chi connectivity index (χ0n) is 10.2. The van der Waals surface area contributed by atoms with Gasteiger partial charge in [-0.1, -0.05) is 26.0 Å². The van der Waals surface area contributed by atoms with Crippen molar-refractivity contribution in [2.24, 2.45) is 5.92 Å². The van der Waals surface area contributed by atoms with Gasteiger partial charge in [-0.05, 0) is 49.5 Å². The number of hydrogen-bond donors (Lipinski definition) is 1. The van der Waals surface area contributed by atoms with Crippen LogP contribution in [0, 0.1) is 17.2 Å². The van der Waals surface area contributed by atoms with Crippen molar-refractivity contribution < 1.29 is 0 Å². The Balaban J connectivity index is 2.38. The summed E-state index contributed by atoms with van der Waals surface area (Å²) in [5.74, 6) is 0.638. The number of hydrogen-bond acceptors (Lipinski definition) is 2. The molecule has 0 saturated carbocycles. The maximum atomic E-state index is 8.69. The Hall–Kier alpha value is -1.33. The molecule has 0 radical (unpaired) electrons. The Kier molecular flexibility index (Phi) is 5.60. The zero-order chi connectivity index (χ0) is 11.8. The van der Waals surface area contributed by atoms with Gasteiger partial charge in [-0.15, -0.1) is 0 Å². The summed E-state index contributed by atoms with van der Waals surface area (Å²) >= 11 is 0. The highest BCUT2D eigenvalue weighted by Crippen LogP contribution is 2.09. The van der Waals surface area contributed by atoms with E-state index in [4.69, 9.17) is 5.26 Å². The van der Waals surface area contributed by atoms with Crippen LogP contribution < -0.4 is 5.32 Å². The summed E-state index contributed by atoms with van der Waals surface area (Å²) < 4.78 is 0. The van der Waals surface area contributed by atoms with Gasteiger partial charge in [0.25, 0.3) is 0 Å². The van der Waals surface area contributed by atoms with Gasteiger partial charge in [-0.3, -0.25) is 0 Å². The Morgan fingerprint density at radius 1 is 1.31 bits per heavy atom. The maximum Gasteiger partial charge on any atom is 0.0991 e. The van der Waals surface area contributed by atoms with Crippen LogP contribution >= 0.6 is 0 Å². The monoisotopic (exact) mass is 216 g/mol. The Morgan fingerprint density at radius 2 is 2.00 bits per heavy atom. The van der Waals surface area contributed by atoms with Crippen LogP contribution in [-0.4, -0.2) is 13.1 Å². The van der Waals surface area contributed by atoms with Crippen molar-refractivity contribution in [3.8, 4) is 6.07 Å². The minimum absolute atomic E-state index is 0.638. The average Bonchev–Trinajstić information content (AvgIpc) is 2.30. The molecule has 0 aromatic heterocycles. The third-order valence-corrected chi connectivity index (χ3v) is 2.59. The first kappa shape index (κ1) is 12.7. The molecule has 0 amide bonds. The van der Waals surface area contributed by atoms with Crippen molar-refractivity contribution in [3.63, 3.8) is 0 Å². The summed E-state index contributed by atoms with van der Waals surface area (Å²) in [6.45, 7) is 6.59. The highest BCUT2D eigenvalue weighted by atomic mass is 14.8. The molecule has 0 bridgehead atoms. The van der Waals surface area contributed by atoms with Crippen LogP contribution in [0.5, 0.6) is 0 Å². The molecule has 0 aliphatic carbocycles. The van der Waals surface area contributed by atoms with E-state index in [-0.39, 0.29) is 0 Å². The van der Waals surface area contributed by atoms with E-state index < -0.39 is 0 Å². The number of nitriles is 1. The summed E-state index contributed by atoms with van der Waals surface area (Å²) in [4.78, 5) is 0. The molecule has 1 rings (SSSR count). The molecule has 1 aromatic rings. The third-order valence-electron chi connectivity index (χ3n) is 2.59. The van der Waals surface area contributed by atoms with E-state index in [0.29, 0.717) is 5.92 Å². The van der Waals surface area contributed by atoms with Crippen molar-refractivity contribution in [2.75, 3.05) is 13.1 Å². The smallest absolute Gasteiger partial charge is 0.0991 e. The third kappa shape index (κ3) is 4.46. The minimum Gasteiger partial charge on any atom is -0.316 e. The van der Waals surface area contributed by atoms with E-state index in [9.17, 15) is 0 Å². The minimum atomic E-state index is 0.638. The Labute approximate surface area is 98.3 Å². The van der Waals surface area contributed by atoms with Gasteiger partial charge in [-0.25, -0.2) is 0 Å². The average molecular weight is 216 g/mol. The SMILES string of the molecule is CCCNCC(C)Cc1ccc(C#N)cc1. The molecule has 86 valence electrons. The fourth-order valence-corrected chi connectivity index (χ4v) is 1.72. The van der Waals surface area contributed by atoms with Crippen LogP contribution in [0.15, 0.2) is 24.3 Å². The molecule has 0 saturated heterocycles. The van der Waals surface area contributed by atoms with Crippen LogP contribution in [0.3, 0.4) is 0 Å². The first-order valence-corrected chi connectivity index (χ1v) is 5.96. The quantitative estimate of drug-likeness (QED) is 0.742. The topological polar surface area (TPSA) is 35.8 Å². The second kappa shape index (κ2) is 7.03. The lowest BCUT2D eigenvalue weighted by Gasteiger charge is -2.12. The number of benzene rings is 1. The second-order valence-corrected chi connectivity index (χ2v) is 4.32. The van der Waals surface area contributed by atoms with Crippen molar-refractivity contribution in [2.45, 2.75) is 26.7 Å². The molecular formula is C14H20N2. The van der Waals surface area contributed by atoms with Crippen molar-refractivity contribution in [3.05, 3.63) is 35.4 Å². The van der Waals surface area contributed by atoms with Crippen LogP contribution in [0.2, 0.25) is 0 Å². The molecule has 2 heteroatoms. The lowest BCUT2D eigenvalue weighted by atomic mass is 10.0. The fraction of sp³-hybridized carbons (Fsp3) is 0.500. The van der Waals surface area contributed by atoms with Gasteiger partial charge >= 0.3 is 0 Å². The number of rotatable bonds is 6. The van der Waals surface area contributed by atoms with E-state index in [1.807, 2.05) is 12.1 Å². The lowest BCUT2D eigenvalue weighted by molar-refractivity contribution is 0.511. The highest BCUT2D eigenvalue weighted by molar-refractivity contribution is 5.31. The van der Waals surface area contributed by atoms with E-state index in [2.05, 4.69) is 37.4 Å². The van der Waals surface area contributed by atoms with E-state index >= 15 is 0 Å². The summed E-state index contributed by atoms with van der Waals surface area (Å²) in [6, 6.07) is 10.0. The van der Waals surface area contributed by atoms with Gasteiger partial charge in [-0.2, -0.15) is 5.26 Å². The predicted octanol–water partition coefficient (Wildman–Crippen LogP) is 2.74. The van der Waals surface area contributed by atoms with Crippen molar-refractivity contribution in [1.29, 1.82) is 5.26 Å². The Morgan fingerprint density at radius 3 is 2.56 bits per heavy atom. The van der Waals surface area contributed by atoms with E-state index in [1.54, 1.807) is 0 Å². The van der Waals surface area contributed by atoms with Gasteiger partial charge < -0.3 is 5.32 Å². The van der Waals surface area contributed by atoms with Gasteiger partial charge in [0, 0.05) is 0 Å². The molecule has 1 aromatic carbocycles. The lowest BCUT2D eigenvalue weighted by Crippen LogP contribution is -2.23. The van der Waals surface area contributed by atoms with Crippen LogP contribution in [0.25, 0.3) is 0 Å². The van der Waals surface area contributed by atoms with Crippen LogP contribution in [0.4, 0.5) is 0 Å². The molecular weight excluding hydrogens is 196 g/mol. The molecule has 2 nitrogen and oxygen atoms in total. The van der Waals surface area contributed by atoms with Gasteiger partial charge in [0.15, 0.2) is 0 Å². The summed E-state index contributed by atoms with van der Waals surface area (Å²) in [6.07, 6.45) is 2.26. The van der Waals surface area contributed by atoms with Gasteiger partial charge in [0.2, 0.25) is 0 Å². The standard InChI is InChI=1S/C14H20N2/c1-3-8-16-11-12(2)9-13-4-6-14(10-15)7-5-13/h4-7,12,16H,3,8-9,11H2,1-2H3. The van der Waals surface area contributed by atoms with E-state index in [0.717, 1.165) is 25.1 Å². The maximum absolute atomic E-state index is 8.69. The van der Waals surface area contributed by atoms with Crippen molar-refractivity contribution in [1.82, 2.24) is 5.32 Å². The normalized spacial score (nSPS) is 12.1. The number of nitrogens with zero attached hydrogens (tertiary/aromatic N) is 1. The van der Waals surface area contributed by atoms with Crippen molar-refractivity contribution >= 4 is 0 Å². The first-order chi connectivity index (χ1) is 7.76. The predicted molar refractivity (Wildman–Crippen MR) is 67.2 cm³/mol. The molecule has 0 fully saturated rings. The molecule has 16 heavy (non-hydrogen) atoms. The highest BCUT2D eigenvalue weighted by Gasteiger charge is 2.03. The largest absolute Gasteiger partial charge is 0.316 e. The molecule has 1 N–H and O–H groups in total. The molecule has 0 aliphatic rings. The van der Waals surface area contributed by atoms with Crippen LogP contribution in [-0.2, 0) is 6.42 Å². The summed E-state index contributed by atoms with van der Waals surface area (Å²) in [7, 11) is 0.